The highest BCUT2D eigenvalue weighted by Gasteiger charge is 2.35. The van der Waals surface area contributed by atoms with Crippen molar-refractivity contribution in [1.29, 1.82) is 5.26 Å². The lowest BCUT2D eigenvalue weighted by Crippen LogP contribution is -2.51. The van der Waals surface area contributed by atoms with Crippen LogP contribution >= 0.6 is 0 Å². The van der Waals surface area contributed by atoms with Gasteiger partial charge in [-0.3, -0.25) is 9.59 Å². The number of aryl methyl sites for hydroxylation is 1. The monoisotopic (exact) mass is 390 g/mol. The largest absolute Gasteiger partial charge is 0.349 e. The van der Waals surface area contributed by atoms with Gasteiger partial charge < -0.3 is 10.3 Å². The lowest BCUT2D eigenvalue weighted by Gasteiger charge is -2.18. The molecule has 28 heavy (non-hydrogen) atoms. The summed E-state index contributed by atoms with van der Waals surface area (Å²) in [7, 11) is 0. The second-order valence-electron chi connectivity index (χ2n) is 6.72. The summed E-state index contributed by atoms with van der Waals surface area (Å²) in [5.74, 6) is -2.60. The van der Waals surface area contributed by atoms with Crippen LogP contribution in [0.1, 0.15) is 24.0 Å². The van der Waals surface area contributed by atoms with Gasteiger partial charge in [0.2, 0.25) is 5.91 Å². The quantitative estimate of drug-likeness (QED) is 0.676. The highest BCUT2D eigenvalue weighted by Crippen LogP contribution is 2.21. The Morgan fingerprint density at radius 2 is 2.07 bits per heavy atom. The lowest BCUT2D eigenvalue weighted by atomic mass is 10.0. The molecule has 1 amide bonds. The number of hydrazine groups is 1. The first kappa shape index (κ1) is 19.4. The Hall–Kier alpha value is -3.35. The standard InChI is InChI=1S/C18H17F2N5O3/c1-9-12-4-14(19)15(20)6-16(12)23-18(27)13(9)5-17(26)22-8-11-3-2-10(7-21)24-25(11)28/h4,6,10-11H,2-3,5,8H2,1H3,(H2-,22,23,24,26,27,28)/p+1. The van der Waals surface area contributed by atoms with Crippen molar-refractivity contribution in [2.45, 2.75) is 38.3 Å². The molecule has 2 unspecified atom stereocenters. The first-order valence-electron chi connectivity index (χ1n) is 8.69. The first-order chi connectivity index (χ1) is 13.3. The molecule has 1 aromatic carbocycles. The maximum absolute atomic E-state index is 13.5. The molecular weight excluding hydrogens is 372 g/mol. The van der Waals surface area contributed by atoms with Gasteiger partial charge in [-0.05, 0) is 25.0 Å². The normalized spacial score (nSPS) is 19.1. The second kappa shape index (κ2) is 7.72. The Bertz CT molecular complexity index is 1060. The number of nitrogens with one attached hydrogen (secondary N) is 3. The van der Waals surface area contributed by atoms with Crippen molar-refractivity contribution < 1.29 is 18.4 Å². The van der Waals surface area contributed by atoms with Crippen LogP contribution in [0, 0.1) is 34.8 Å². The summed E-state index contributed by atoms with van der Waals surface area (Å²) in [5, 5.41) is 11.7. The number of carbonyl (C=O) groups is 1. The van der Waals surface area contributed by atoms with E-state index in [-0.39, 0.29) is 24.0 Å². The van der Waals surface area contributed by atoms with Crippen LogP contribution in [-0.4, -0.2) is 34.4 Å². The minimum Gasteiger partial charge on any atom is -0.349 e. The fourth-order valence-electron chi connectivity index (χ4n) is 3.24. The number of carbonyl (C=O) groups excluding carboxylic acids is 1. The van der Waals surface area contributed by atoms with E-state index in [1.54, 1.807) is 6.92 Å². The number of pyridine rings is 1. The van der Waals surface area contributed by atoms with Crippen molar-refractivity contribution in [1.82, 2.24) is 15.7 Å². The SMILES string of the molecule is Cc1c(CC(=O)NCC2CCC(C#N)N[N+]2=O)c(=O)[nH]c2cc(F)c(F)cc12. The summed E-state index contributed by atoms with van der Waals surface area (Å²) in [6.07, 6.45) is 0.659. The topological polar surface area (TPSA) is 118 Å². The fourth-order valence-corrected chi connectivity index (χ4v) is 3.24. The first-order valence-corrected chi connectivity index (χ1v) is 8.69. The lowest BCUT2D eigenvalue weighted by molar-refractivity contribution is -0.652. The van der Waals surface area contributed by atoms with Crippen LogP contribution in [0.2, 0.25) is 0 Å². The number of aromatic amines is 1. The predicted octanol–water partition coefficient (Wildman–Crippen LogP) is 1.11. The zero-order valence-electron chi connectivity index (χ0n) is 15.0. The molecule has 0 saturated carbocycles. The number of rotatable bonds is 4. The minimum atomic E-state index is -1.07. The molecule has 0 radical (unpaired) electrons. The van der Waals surface area contributed by atoms with E-state index in [0.717, 1.165) is 12.1 Å². The van der Waals surface area contributed by atoms with Crippen molar-refractivity contribution in [3.05, 3.63) is 50.2 Å². The average molecular weight is 390 g/mol. The zero-order chi connectivity index (χ0) is 20.4. The van der Waals surface area contributed by atoms with Crippen molar-refractivity contribution in [2.75, 3.05) is 6.54 Å². The van der Waals surface area contributed by atoms with Gasteiger partial charge in [-0.15, -0.1) is 5.43 Å². The number of fused-ring (bicyclic) bond motifs is 1. The van der Waals surface area contributed by atoms with E-state index in [0.29, 0.717) is 28.7 Å². The van der Waals surface area contributed by atoms with Gasteiger partial charge in [0.1, 0.15) is 4.87 Å². The maximum atomic E-state index is 13.5. The second-order valence-corrected chi connectivity index (χ2v) is 6.72. The number of benzene rings is 1. The molecule has 8 nitrogen and oxygen atoms in total. The number of nitrogens with zero attached hydrogens (tertiary/aromatic N) is 2. The summed E-state index contributed by atoms with van der Waals surface area (Å²) in [4.78, 5) is 39.4. The van der Waals surface area contributed by atoms with Crippen LogP contribution < -0.4 is 16.3 Å². The van der Waals surface area contributed by atoms with Gasteiger partial charge in [-0.2, -0.15) is 5.26 Å². The van der Waals surface area contributed by atoms with E-state index < -0.39 is 35.2 Å². The van der Waals surface area contributed by atoms with Crippen LogP contribution in [0.25, 0.3) is 10.9 Å². The summed E-state index contributed by atoms with van der Waals surface area (Å²) in [6.45, 7) is 1.61. The van der Waals surface area contributed by atoms with Crippen LogP contribution in [0.15, 0.2) is 16.9 Å². The van der Waals surface area contributed by atoms with Crippen molar-refractivity contribution in [3.63, 3.8) is 0 Å². The molecule has 0 aliphatic carbocycles. The van der Waals surface area contributed by atoms with E-state index in [4.69, 9.17) is 5.26 Å². The molecule has 1 aromatic heterocycles. The smallest absolute Gasteiger partial charge is 0.252 e. The minimum absolute atomic E-state index is 0.0534. The Labute approximate surface area is 158 Å². The van der Waals surface area contributed by atoms with Crippen LogP contribution in [0.5, 0.6) is 0 Å². The summed E-state index contributed by atoms with van der Waals surface area (Å²) >= 11 is 0. The number of hydrogen-bond donors (Lipinski definition) is 3. The number of hydrogen-bond acceptors (Lipinski definition) is 4. The molecule has 2 atom stereocenters. The molecule has 3 N–H and O–H groups in total. The van der Waals surface area contributed by atoms with Crippen LogP contribution in [-0.2, 0) is 11.2 Å². The van der Waals surface area contributed by atoms with Crippen molar-refractivity contribution in [3.8, 4) is 6.07 Å². The highest BCUT2D eigenvalue weighted by atomic mass is 19.2. The molecule has 3 rings (SSSR count). The van der Waals surface area contributed by atoms with E-state index in [1.165, 1.54) is 0 Å². The Morgan fingerprint density at radius 3 is 2.75 bits per heavy atom. The number of halogens is 2. The molecule has 2 aromatic rings. The Morgan fingerprint density at radius 1 is 1.36 bits per heavy atom. The van der Waals surface area contributed by atoms with Crippen molar-refractivity contribution >= 4 is 16.8 Å². The van der Waals surface area contributed by atoms with Gasteiger partial charge in [0.25, 0.3) is 11.6 Å². The number of nitriles is 1. The summed E-state index contributed by atoms with van der Waals surface area (Å²) < 4.78 is 26.9. The van der Waals surface area contributed by atoms with Gasteiger partial charge in [-0.25, -0.2) is 8.78 Å². The van der Waals surface area contributed by atoms with E-state index in [2.05, 4.69) is 15.7 Å². The number of H-pyrrole nitrogens is 1. The number of amides is 1. The number of aromatic nitrogens is 1. The third-order valence-electron chi connectivity index (χ3n) is 4.87. The molecule has 2 heterocycles. The molecule has 0 bridgehead atoms. The summed E-state index contributed by atoms with van der Waals surface area (Å²) in [5.41, 5.74) is 2.59. The van der Waals surface area contributed by atoms with Crippen LogP contribution in [0.3, 0.4) is 0 Å². The van der Waals surface area contributed by atoms with Gasteiger partial charge >= 0.3 is 0 Å². The van der Waals surface area contributed by atoms with E-state index >= 15 is 0 Å². The summed E-state index contributed by atoms with van der Waals surface area (Å²) in [6, 6.07) is 2.76. The molecule has 1 fully saturated rings. The third kappa shape index (κ3) is 3.83. The van der Waals surface area contributed by atoms with E-state index in [1.807, 2.05) is 6.07 Å². The highest BCUT2D eigenvalue weighted by molar-refractivity contribution is 5.85. The number of nitroso groups, excluding NO2 is 1. The molecule has 0 spiro atoms. The average Bonchev–Trinajstić information content (AvgIpc) is 2.66. The van der Waals surface area contributed by atoms with Crippen molar-refractivity contribution in [2.24, 2.45) is 0 Å². The molecule has 10 heteroatoms. The van der Waals surface area contributed by atoms with Gasteiger partial charge in [-0.1, -0.05) is 0 Å². The Balaban J connectivity index is 1.71. The van der Waals surface area contributed by atoms with Crippen LogP contribution in [0.4, 0.5) is 8.78 Å². The molecule has 1 saturated heterocycles. The fraction of sp³-hybridized carbons (Fsp3) is 0.389. The molecule has 1 aliphatic rings. The Kier molecular flexibility index (Phi) is 5.35. The zero-order valence-corrected chi connectivity index (χ0v) is 15.0. The maximum Gasteiger partial charge on any atom is 0.252 e. The molecule has 1 aliphatic heterocycles. The predicted molar refractivity (Wildman–Crippen MR) is 95.1 cm³/mol. The molecule has 146 valence electrons. The van der Waals surface area contributed by atoms with Gasteiger partial charge in [0.15, 0.2) is 17.7 Å². The van der Waals surface area contributed by atoms with E-state index in [9.17, 15) is 23.3 Å². The third-order valence-corrected chi connectivity index (χ3v) is 4.87. The van der Waals surface area contributed by atoms with Gasteiger partial charge in [0, 0.05) is 23.4 Å². The molecular formula is C18H18F2N5O3+. The van der Waals surface area contributed by atoms with Gasteiger partial charge in [0.05, 0.1) is 29.5 Å².